The van der Waals surface area contributed by atoms with E-state index in [4.69, 9.17) is 9.84 Å². The van der Waals surface area contributed by atoms with Gasteiger partial charge in [-0.25, -0.2) is 13.1 Å². The van der Waals surface area contributed by atoms with Gasteiger partial charge in [-0.2, -0.15) is 5.10 Å². The van der Waals surface area contributed by atoms with Crippen molar-refractivity contribution in [3.63, 3.8) is 0 Å². The molecule has 1 amide bonds. The molecule has 0 saturated carbocycles. The van der Waals surface area contributed by atoms with Crippen molar-refractivity contribution in [3.8, 4) is 5.75 Å². The largest absolute Gasteiger partial charge is 0.497 e. The second kappa shape index (κ2) is 9.13. The molecule has 0 radical (unpaired) electrons. The molecule has 3 rings (SSSR count). The van der Waals surface area contributed by atoms with E-state index in [0.29, 0.717) is 17.3 Å². The molecule has 0 atom stereocenters. The quantitative estimate of drug-likeness (QED) is 0.513. The van der Waals surface area contributed by atoms with Crippen LogP contribution in [0.2, 0.25) is 0 Å². The maximum Gasteiger partial charge on any atom is 0.261 e. The van der Waals surface area contributed by atoms with E-state index in [1.807, 2.05) is 26.8 Å². The Labute approximate surface area is 201 Å². The number of anilines is 2. The number of hydrogen-bond acceptors (Lipinski definition) is 5. The number of aromatic nitrogens is 2. The van der Waals surface area contributed by atoms with E-state index < -0.39 is 15.9 Å². The fourth-order valence-corrected chi connectivity index (χ4v) is 4.32. The van der Waals surface area contributed by atoms with Crippen molar-refractivity contribution in [3.05, 3.63) is 65.9 Å². The number of ether oxygens (including phenoxy) is 1. The lowest BCUT2D eigenvalue weighted by molar-refractivity contribution is 0.102. The first-order chi connectivity index (χ1) is 15.7. The average Bonchev–Trinajstić information content (AvgIpc) is 3.19. The lowest BCUT2D eigenvalue weighted by Crippen LogP contribution is -2.27. The van der Waals surface area contributed by atoms with E-state index in [2.05, 4.69) is 30.8 Å². The van der Waals surface area contributed by atoms with Gasteiger partial charge in [-0.05, 0) is 63.2 Å². The SMILES string of the molecule is COc1ccc(NS(=O)(=O)c2cccc(C(=O)Nc3cc(C(C)(C)C)nn3C(C)(C)C)c2)cc1. The van der Waals surface area contributed by atoms with Crippen LogP contribution in [0, 0.1) is 0 Å². The Morgan fingerprint density at radius 2 is 1.62 bits per heavy atom. The van der Waals surface area contributed by atoms with Gasteiger partial charge in [-0.3, -0.25) is 9.52 Å². The zero-order chi connectivity index (χ0) is 25.3. The van der Waals surface area contributed by atoms with Crippen LogP contribution in [-0.4, -0.2) is 31.2 Å². The van der Waals surface area contributed by atoms with Gasteiger partial charge in [0.25, 0.3) is 15.9 Å². The molecule has 0 unspecified atom stereocenters. The Kier molecular flexibility index (Phi) is 6.80. The molecule has 0 aliphatic heterocycles. The van der Waals surface area contributed by atoms with Crippen LogP contribution in [0.1, 0.15) is 57.6 Å². The van der Waals surface area contributed by atoms with Crippen molar-refractivity contribution in [2.24, 2.45) is 0 Å². The minimum Gasteiger partial charge on any atom is -0.497 e. The van der Waals surface area contributed by atoms with Gasteiger partial charge >= 0.3 is 0 Å². The van der Waals surface area contributed by atoms with Gasteiger partial charge < -0.3 is 10.1 Å². The summed E-state index contributed by atoms with van der Waals surface area (Å²) in [6, 6.07) is 14.3. The molecule has 0 fully saturated rings. The van der Waals surface area contributed by atoms with E-state index in [9.17, 15) is 13.2 Å². The molecular formula is C25H32N4O4S. The molecule has 0 aliphatic carbocycles. The van der Waals surface area contributed by atoms with E-state index in [0.717, 1.165) is 5.69 Å². The molecule has 0 spiro atoms. The number of rotatable bonds is 6. The van der Waals surface area contributed by atoms with E-state index >= 15 is 0 Å². The number of carbonyl (C=O) groups is 1. The summed E-state index contributed by atoms with van der Waals surface area (Å²) in [5, 5.41) is 7.60. The second-order valence-corrected chi connectivity index (χ2v) is 11.7. The van der Waals surface area contributed by atoms with Gasteiger partial charge in [0.2, 0.25) is 0 Å². The lowest BCUT2D eigenvalue weighted by atomic mass is 9.92. The predicted octanol–water partition coefficient (Wildman–Crippen LogP) is 5.00. The normalized spacial score (nSPS) is 12.3. The van der Waals surface area contributed by atoms with Crippen LogP contribution in [0.25, 0.3) is 0 Å². The van der Waals surface area contributed by atoms with Gasteiger partial charge in [-0.1, -0.05) is 26.8 Å². The van der Waals surface area contributed by atoms with Crippen molar-refractivity contribution in [2.75, 3.05) is 17.1 Å². The molecule has 2 aromatic carbocycles. The maximum absolute atomic E-state index is 13.1. The van der Waals surface area contributed by atoms with Crippen LogP contribution >= 0.6 is 0 Å². The number of amides is 1. The van der Waals surface area contributed by atoms with Gasteiger partial charge in [0.15, 0.2) is 0 Å². The number of nitrogens with one attached hydrogen (secondary N) is 2. The van der Waals surface area contributed by atoms with Gasteiger partial charge in [0, 0.05) is 22.7 Å². The smallest absolute Gasteiger partial charge is 0.261 e. The van der Waals surface area contributed by atoms with Gasteiger partial charge in [-0.15, -0.1) is 0 Å². The fourth-order valence-electron chi connectivity index (χ4n) is 3.21. The summed E-state index contributed by atoms with van der Waals surface area (Å²) < 4.78 is 35.2. The van der Waals surface area contributed by atoms with E-state index in [1.165, 1.54) is 19.2 Å². The molecule has 3 aromatic rings. The number of benzene rings is 2. The van der Waals surface area contributed by atoms with Crippen LogP contribution in [-0.2, 0) is 21.0 Å². The highest BCUT2D eigenvalue weighted by Gasteiger charge is 2.26. The highest BCUT2D eigenvalue weighted by molar-refractivity contribution is 7.92. The second-order valence-electron chi connectivity index (χ2n) is 10.1. The number of carbonyl (C=O) groups excluding carboxylic acids is 1. The first-order valence-electron chi connectivity index (χ1n) is 10.9. The van der Waals surface area contributed by atoms with Crippen molar-refractivity contribution in [1.29, 1.82) is 0 Å². The third kappa shape index (κ3) is 5.77. The predicted molar refractivity (Wildman–Crippen MR) is 134 cm³/mol. The molecule has 2 N–H and O–H groups in total. The van der Waals surface area contributed by atoms with Crippen molar-refractivity contribution in [1.82, 2.24) is 9.78 Å². The zero-order valence-corrected chi connectivity index (χ0v) is 21.4. The summed E-state index contributed by atoms with van der Waals surface area (Å²) in [6.45, 7) is 12.2. The monoisotopic (exact) mass is 484 g/mol. The number of sulfonamides is 1. The molecule has 1 aromatic heterocycles. The third-order valence-corrected chi connectivity index (χ3v) is 6.48. The van der Waals surface area contributed by atoms with Crippen LogP contribution in [0.5, 0.6) is 5.75 Å². The van der Waals surface area contributed by atoms with Gasteiger partial charge in [0.05, 0.1) is 23.2 Å². The van der Waals surface area contributed by atoms with Crippen molar-refractivity contribution >= 4 is 27.4 Å². The summed E-state index contributed by atoms with van der Waals surface area (Å²) in [6.07, 6.45) is 0. The molecule has 8 nitrogen and oxygen atoms in total. The highest BCUT2D eigenvalue weighted by atomic mass is 32.2. The first-order valence-corrected chi connectivity index (χ1v) is 12.4. The molecule has 9 heteroatoms. The molecule has 0 bridgehead atoms. The first kappa shape index (κ1) is 25.3. The van der Waals surface area contributed by atoms with Crippen LogP contribution < -0.4 is 14.8 Å². The lowest BCUT2D eigenvalue weighted by Gasteiger charge is -2.23. The molecule has 34 heavy (non-hydrogen) atoms. The van der Waals surface area contributed by atoms with Gasteiger partial charge in [0.1, 0.15) is 11.6 Å². The molecule has 0 aliphatic rings. The number of hydrogen-bond donors (Lipinski definition) is 2. The summed E-state index contributed by atoms with van der Waals surface area (Å²) in [7, 11) is -2.36. The molecule has 1 heterocycles. The summed E-state index contributed by atoms with van der Waals surface area (Å²) in [5.41, 5.74) is 0.894. The fraction of sp³-hybridized carbons (Fsp3) is 0.360. The van der Waals surface area contributed by atoms with Crippen LogP contribution in [0.4, 0.5) is 11.5 Å². The summed E-state index contributed by atoms with van der Waals surface area (Å²) in [4.78, 5) is 13.1. The number of nitrogens with zero attached hydrogens (tertiary/aromatic N) is 2. The van der Waals surface area contributed by atoms with E-state index in [-0.39, 0.29) is 21.4 Å². The van der Waals surface area contributed by atoms with E-state index in [1.54, 1.807) is 41.1 Å². The topological polar surface area (TPSA) is 102 Å². The summed E-state index contributed by atoms with van der Waals surface area (Å²) >= 11 is 0. The maximum atomic E-state index is 13.1. The standard InChI is InChI=1S/C25H32N4O4S/c1-24(2,3)21-16-22(29(27-21)25(4,5)6)26-23(30)17-9-8-10-20(15-17)34(31,32)28-18-11-13-19(33-7)14-12-18/h8-16,28H,1-7H3,(H,26,30). The third-order valence-electron chi connectivity index (χ3n) is 5.10. The number of methoxy groups -OCH3 is 1. The minimum atomic E-state index is -3.90. The van der Waals surface area contributed by atoms with Crippen LogP contribution in [0.3, 0.4) is 0 Å². The Balaban J connectivity index is 1.87. The van der Waals surface area contributed by atoms with Crippen molar-refractivity contribution < 1.29 is 17.9 Å². The Hall–Kier alpha value is -3.33. The minimum absolute atomic E-state index is 0.0179. The molecule has 182 valence electrons. The van der Waals surface area contributed by atoms with Crippen molar-refractivity contribution in [2.45, 2.75) is 57.4 Å². The molecular weight excluding hydrogens is 452 g/mol. The average molecular weight is 485 g/mol. The Morgan fingerprint density at radius 3 is 2.18 bits per heavy atom. The summed E-state index contributed by atoms with van der Waals surface area (Å²) in [5.74, 6) is 0.741. The molecule has 0 saturated heterocycles. The highest BCUT2D eigenvalue weighted by Crippen LogP contribution is 2.28. The zero-order valence-electron chi connectivity index (χ0n) is 20.6. The van der Waals surface area contributed by atoms with Crippen LogP contribution in [0.15, 0.2) is 59.5 Å². The Bertz CT molecular complexity index is 1280. The Morgan fingerprint density at radius 1 is 0.971 bits per heavy atom.